The van der Waals surface area contributed by atoms with Crippen molar-refractivity contribution in [3.63, 3.8) is 0 Å². The van der Waals surface area contributed by atoms with Crippen molar-refractivity contribution >= 4 is 15.9 Å². The Morgan fingerprint density at radius 1 is 0.958 bits per heavy atom. The normalized spacial score (nSPS) is 12.2. The second kappa shape index (κ2) is 6.41. The van der Waals surface area contributed by atoms with Gasteiger partial charge in [0, 0.05) is 22.4 Å². The van der Waals surface area contributed by atoms with Gasteiger partial charge in [0.1, 0.15) is 6.04 Å². The Morgan fingerprint density at radius 2 is 1.75 bits per heavy atom. The highest BCUT2D eigenvalue weighted by Crippen LogP contribution is 2.28. The van der Waals surface area contributed by atoms with E-state index < -0.39 is 0 Å². The van der Waals surface area contributed by atoms with Gasteiger partial charge in [-0.05, 0) is 29.8 Å². The van der Waals surface area contributed by atoms with Gasteiger partial charge in [0.05, 0.1) is 6.33 Å². The SMILES string of the molecule is Brc1ccc(-c2nnc([C@H](c3ccccc3)n3ccnc3)o2)cc1. The number of aromatic nitrogens is 4. The van der Waals surface area contributed by atoms with Crippen molar-refractivity contribution in [2.24, 2.45) is 0 Å². The summed E-state index contributed by atoms with van der Waals surface area (Å²) < 4.78 is 8.92. The predicted octanol–water partition coefficient (Wildman–Crippen LogP) is 4.33. The van der Waals surface area contributed by atoms with Gasteiger partial charge in [0.15, 0.2) is 0 Å². The summed E-state index contributed by atoms with van der Waals surface area (Å²) in [6.07, 6.45) is 5.38. The lowest BCUT2D eigenvalue weighted by molar-refractivity contribution is 0.453. The minimum absolute atomic E-state index is 0.203. The maximum atomic E-state index is 5.96. The summed E-state index contributed by atoms with van der Waals surface area (Å²) in [6, 6.07) is 17.6. The van der Waals surface area contributed by atoms with Crippen molar-refractivity contribution in [3.8, 4) is 11.5 Å². The number of nitrogens with zero attached hydrogens (tertiary/aromatic N) is 4. The molecule has 2 heterocycles. The van der Waals surface area contributed by atoms with Gasteiger partial charge in [-0.2, -0.15) is 0 Å². The van der Waals surface area contributed by atoms with Crippen LogP contribution in [0.2, 0.25) is 0 Å². The minimum atomic E-state index is -0.203. The van der Waals surface area contributed by atoms with Crippen LogP contribution in [0.3, 0.4) is 0 Å². The molecule has 0 bridgehead atoms. The minimum Gasteiger partial charge on any atom is -0.418 e. The van der Waals surface area contributed by atoms with E-state index in [1.807, 2.05) is 65.4 Å². The van der Waals surface area contributed by atoms with Crippen LogP contribution in [0.4, 0.5) is 0 Å². The first kappa shape index (κ1) is 14.8. The first-order valence-electron chi connectivity index (χ1n) is 7.43. The third-order valence-electron chi connectivity index (χ3n) is 3.70. The molecule has 24 heavy (non-hydrogen) atoms. The second-order valence-corrected chi connectivity index (χ2v) is 6.19. The smallest absolute Gasteiger partial charge is 0.247 e. The van der Waals surface area contributed by atoms with Crippen LogP contribution in [-0.2, 0) is 0 Å². The van der Waals surface area contributed by atoms with Crippen LogP contribution in [0.5, 0.6) is 0 Å². The molecule has 0 radical (unpaired) electrons. The molecule has 0 unspecified atom stereocenters. The molecule has 0 saturated carbocycles. The third kappa shape index (κ3) is 2.88. The van der Waals surface area contributed by atoms with E-state index in [9.17, 15) is 0 Å². The van der Waals surface area contributed by atoms with E-state index >= 15 is 0 Å². The summed E-state index contributed by atoms with van der Waals surface area (Å²) in [6.45, 7) is 0. The van der Waals surface area contributed by atoms with Gasteiger partial charge in [-0.3, -0.25) is 0 Å². The maximum Gasteiger partial charge on any atom is 0.247 e. The summed E-state index contributed by atoms with van der Waals surface area (Å²) in [4.78, 5) is 4.14. The van der Waals surface area contributed by atoms with E-state index in [1.54, 1.807) is 12.5 Å². The zero-order valence-electron chi connectivity index (χ0n) is 12.6. The van der Waals surface area contributed by atoms with Crippen LogP contribution in [0, 0.1) is 0 Å². The Kier molecular flexibility index (Phi) is 3.96. The van der Waals surface area contributed by atoms with E-state index in [1.165, 1.54) is 0 Å². The summed E-state index contributed by atoms with van der Waals surface area (Å²) in [5.74, 6) is 1.02. The molecule has 4 rings (SSSR count). The number of hydrogen-bond donors (Lipinski definition) is 0. The fourth-order valence-electron chi connectivity index (χ4n) is 2.55. The average Bonchev–Trinajstić information content (AvgIpc) is 3.30. The molecule has 6 heteroatoms. The largest absolute Gasteiger partial charge is 0.418 e. The second-order valence-electron chi connectivity index (χ2n) is 5.28. The van der Waals surface area contributed by atoms with Crippen molar-refractivity contribution in [2.75, 3.05) is 0 Å². The molecule has 0 aliphatic carbocycles. The van der Waals surface area contributed by atoms with E-state index in [-0.39, 0.29) is 6.04 Å². The molecule has 2 aromatic carbocycles. The lowest BCUT2D eigenvalue weighted by Crippen LogP contribution is -2.10. The van der Waals surface area contributed by atoms with Gasteiger partial charge in [-0.1, -0.05) is 46.3 Å². The van der Waals surface area contributed by atoms with Gasteiger partial charge >= 0.3 is 0 Å². The number of rotatable bonds is 4. The van der Waals surface area contributed by atoms with E-state index in [0.717, 1.165) is 15.6 Å². The van der Waals surface area contributed by atoms with Crippen molar-refractivity contribution in [3.05, 3.63) is 89.2 Å². The summed E-state index contributed by atoms with van der Waals surface area (Å²) in [5.41, 5.74) is 1.94. The van der Waals surface area contributed by atoms with E-state index in [0.29, 0.717) is 11.8 Å². The van der Waals surface area contributed by atoms with Crippen LogP contribution in [0.25, 0.3) is 11.5 Å². The highest BCUT2D eigenvalue weighted by molar-refractivity contribution is 9.10. The molecule has 0 saturated heterocycles. The zero-order chi connectivity index (χ0) is 16.4. The number of imidazole rings is 1. The van der Waals surface area contributed by atoms with E-state index in [2.05, 4.69) is 31.1 Å². The highest BCUT2D eigenvalue weighted by Gasteiger charge is 2.22. The fraction of sp³-hybridized carbons (Fsp3) is 0.0556. The quantitative estimate of drug-likeness (QED) is 0.528. The van der Waals surface area contributed by atoms with Crippen molar-refractivity contribution in [2.45, 2.75) is 6.04 Å². The van der Waals surface area contributed by atoms with Gasteiger partial charge < -0.3 is 8.98 Å². The Balaban J connectivity index is 1.76. The van der Waals surface area contributed by atoms with Gasteiger partial charge in [0.25, 0.3) is 0 Å². The molecule has 0 amide bonds. The topological polar surface area (TPSA) is 56.7 Å². The lowest BCUT2D eigenvalue weighted by atomic mass is 10.1. The van der Waals surface area contributed by atoms with Crippen molar-refractivity contribution in [1.82, 2.24) is 19.7 Å². The summed E-state index contributed by atoms with van der Waals surface area (Å²) >= 11 is 3.43. The Bertz CT molecular complexity index is 917. The van der Waals surface area contributed by atoms with Gasteiger partial charge in [-0.15, -0.1) is 10.2 Å². The van der Waals surface area contributed by atoms with Crippen molar-refractivity contribution < 1.29 is 4.42 Å². The Hall–Kier alpha value is -2.73. The molecule has 0 aliphatic heterocycles. The molecular weight excluding hydrogens is 368 g/mol. The fourth-order valence-corrected chi connectivity index (χ4v) is 2.82. The van der Waals surface area contributed by atoms with Crippen molar-refractivity contribution in [1.29, 1.82) is 0 Å². The summed E-state index contributed by atoms with van der Waals surface area (Å²) in [5, 5.41) is 8.48. The van der Waals surface area contributed by atoms with Crippen LogP contribution in [-0.4, -0.2) is 19.7 Å². The summed E-state index contributed by atoms with van der Waals surface area (Å²) in [7, 11) is 0. The highest BCUT2D eigenvalue weighted by atomic mass is 79.9. The van der Waals surface area contributed by atoms with Crippen LogP contribution in [0.15, 0.2) is 82.2 Å². The van der Waals surface area contributed by atoms with Gasteiger partial charge in [-0.25, -0.2) is 4.98 Å². The van der Waals surface area contributed by atoms with Crippen LogP contribution < -0.4 is 0 Å². The molecule has 0 N–H and O–H groups in total. The third-order valence-corrected chi connectivity index (χ3v) is 4.23. The molecule has 2 aromatic heterocycles. The lowest BCUT2D eigenvalue weighted by Gasteiger charge is -2.14. The average molecular weight is 381 g/mol. The zero-order valence-corrected chi connectivity index (χ0v) is 14.2. The maximum absolute atomic E-state index is 5.96. The molecule has 0 aliphatic rings. The monoisotopic (exact) mass is 380 g/mol. The molecule has 4 aromatic rings. The number of halogens is 1. The molecule has 1 atom stereocenters. The Morgan fingerprint density at radius 3 is 2.46 bits per heavy atom. The first-order chi connectivity index (χ1) is 11.8. The van der Waals surface area contributed by atoms with Gasteiger partial charge in [0.2, 0.25) is 11.8 Å². The molecule has 5 nitrogen and oxygen atoms in total. The Labute approximate surface area is 147 Å². The number of hydrogen-bond acceptors (Lipinski definition) is 4. The first-order valence-corrected chi connectivity index (χ1v) is 8.22. The molecule has 118 valence electrons. The standard InChI is InChI=1S/C18H13BrN4O/c19-15-8-6-14(7-9-15)17-21-22-18(24-17)16(23-11-10-20-12-23)13-4-2-1-3-5-13/h1-12,16H/t16-/m0/s1. The predicted molar refractivity (Wildman–Crippen MR) is 93.3 cm³/mol. The molecule has 0 spiro atoms. The van der Waals surface area contributed by atoms with E-state index in [4.69, 9.17) is 4.42 Å². The van der Waals surface area contributed by atoms with Crippen LogP contribution in [0.1, 0.15) is 17.5 Å². The molecular formula is C18H13BrN4O. The number of benzene rings is 2. The molecule has 0 fully saturated rings. The van der Waals surface area contributed by atoms with Crippen LogP contribution >= 0.6 is 15.9 Å².